The van der Waals surface area contributed by atoms with Gasteiger partial charge in [-0.2, -0.15) is 5.10 Å². The fourth-order valence-corrected chi connectivity index (χ4v) is 1.86. The number of Topliss-reactive ketones (excluding diaryl/α,β-unsaturated/α-hetero) is 1. The first kappa shape index (κ1) is 14.2. The number of hydrogen-bond acceptors (Lipinski definition) is 3. The summed E-state index contributed by atoms with van der Waals surface area (Å²) in [7, 11) is 0. The van der Waals surface area contributed by atoms with Crippen molar-refractivity contribution in [2.75, 3.05) is 0 Å². The van der Waals surface area contributed by atoms with Crippen molar-refractivity contribution in [3.8, 4) is 0 Å². The van der Waals surface area contributed by atoms with Crippen molar-refractivity contribution in [2.45, 2.75) is 46.7 Å². The molecule has 1 aromatic heterocycles. The van der Waals surface area contributed by atoms with Gasteiger partial charge in [0.05, 0.1) is 22.8 Å². The van der Waals surface area contributed by atoms with Crippen LogP contribution in [-0.2, 0) is 17.8 Å². The number of halogens is 1. The third kappa shape index (κ3) is 3.07. The van der Waals surface area contributed by atoms with Crippen LogP contribution in [0.15, 0.2) is 0 Å². The lowest BCUT2D eigenvalue weighted by molar-refractivity contribution is -0.122. The minimum absolute atomic E-state index is 0.108. The third-order valence-corrected chi connectivity index (χ3v) is 3.58. The lowest BCUT2D eigenvalue weighted by Crippen LogP contribution is -2.32. The zero-order valence-corrected chi connectivity index (χ0v) is 11.6. The molecule has 17 heavy (non-hydrogen) atoms. The largest absolute Gasteiger partial charge is 0.327 e. The normalized spacial score (nSPS) is 14.7. The van der Waals surface area contributed by atoms with Crippen LogP contribution in [0.1, 0.15) is 32.2 Å². The number of carbonyl (C=O) groups is 1. The first-order valence-electron chi connectivity index (χ1n) is 5.88. The molecule has 0 saturated heterocycles. The molecule has 0 saturated carbocycles. The number of nitrogens with zero attached hydrogens (tertiary/aromatic N) is 2. The van der Waals surface area contributed by atoms with Crippen LogP contribution in [0.25, 0.3) is 0 Å². The number of ketones is 1. The Labute approximate surface area is 107 Å². The van der Waals surface area contributed by atoms with E-state index in [1.807, 2.05) is 27.7 Å². The molecule has 96 valence electrons. The van der Waals surface area contributed by atoms with Crippen molar-refractivity contribution in [1.82, 2.24) is 9.78 Å². The maximum atomic E-state index is 12.0. The molecule has 1 heterocycles. The fraction of sp³-hybridized carbons (Fsp3) is 0.667. The monoisotopic (exact) mass is 257 g/mol. The number of carbonyl (C=O) groups excluding carboxylic acids is 1. The number of aromatic nitrogens is 2. The molecule has 2 unspecified atom stereocenters. The smallest absolute Gasteiger partial charge is 0.143 e. The molecule has 1 rings (SSSR count). The number of nitrogens with two attached hydrogens (primary N) is 1. The van der Waals surface area contributed by atoms with E-state index in [1.54, 1.807) is 4.68 Å². The summed E-state index contributed by atoms with van der Waals surface area (Å²) < 4.78 is 1.78. The van der Waals surface area contributed by atoms with Gasteiger partial charge < -0.3 is 5.73 Å². The molecule has 0 radical (unpaired) electrons. The summed E-state index contributed by atoms with van der Waals surface area (Å²) >= 11 is 6.15. The van der Waals surface area contributed by atoms with E-state index in [0.29, 0.717) is 18.0 Å². The van der Waals surface area contributed by atoms with Crippen molar-refractivity contribution >= 4 is 17.4 Å². The summed E-state index contributed by atoms with van der Waals surface area (Å²) in [5.74, 6) is -0.0527. The Morgan fingerprint density at radius 3 is 2.59 bits per heavy atom. The van der Waals surface area contributed by atoms with Gasteiger partial charge in [0.15, 0.2) is 0 Å². The molecule has 0 spiro atoms. The average molecular weight is 258 g/mol. The third-order valence-electron chi connectivity index (χ3n) is 3.09. The molecule has 2 N–H and O–H groups in total. The van der Waals surface area contributed by atoms with Crippen molar-refractivity contribution in [2.24, 2.45) is 11.7 Å². The van der Waals surface area contributed by atoms with E-state index in [2.05, 4.69) is 5.10 Å². The Morgan fingerprint density at radius 2 is 2.12 bits per heavy atom. The van der Waals surface area contributed by atoms with E-state index < -0.39 is 0 Å². The van der Waals surface area contributed by atoms with E-state index >= 15 is 0 Å². The highest BCUT2D eigenvalue weighted by molar-refractivity contribution is 6.32. The molecule has 0 aliphatic rings. The van der Waals surface area contributed by atoms with Crippen LogP contribution >= 0.6 is 11.6 Å². The summed E-state index contributed by atoms with van der Waals surface area (Å²) in [4.78, 5) is 12.0. The van der Waals surface area contributed by atoms with E-state index in [0.717, 1.165) is 11.4 Å². The molecule has 2 atom stereocenters. The van der Waals surface area contributed by atoms with Gasteiger partial charge in [0.25, 0.3) is 0 Å². The fourth-order valence-electron chi connectivity index (χ4n) is 1.66. The molecule has 0 bridgehead atoms. The molecule has 0 amide bonds. The van der Waals surface area contributed by atoms with E-state index in [9.17, 15) is 4.79 Å². The van der Waals surface area contributed by atoms with Gasteiger partial charge in [-0.3, -0.25) is 9.48 Å². The van der Waals surface area contributed by atoms with Gasteiger partial charge in [0.1, 0.15) is 5.78 Å². The van der Waals surface area contributed by atoms with Crippen LogP contribution in [0.3, 0.4) is 0 Å². The van der Waals surface area contributed by atoms with Gasteiger partial charge in [-0.1, -0.05) is 18.5 Å². The topological polar surface area (TPSA) is 60.9 Å². The zero-order valence-electron chi connectivity index (χ0n) is 10.8. The van der Waals surface area contributed by atoms with Crippen molar-refractivity contribution < 1.29 is 4.79 Å². The van der Waals surface area contributed by atoms with E-state index in [-0.39, 0.29) is 17.7 Å². The molecule has 0 aromatic carbocycles. The van der Waals surface area contributed by atoms with Crippen molar-refractivity contribution in [1.29, 1.82) is 0 Å². The quantitative estimate of drug-likeness (QED) is 0.877. The Balaban J connectivity index is 2.91. The zero-order chi connectivity index (χ0) is 13.2. The van der Waals surface area contributed by atoms with Crippen molar-refractivity contribution in [3.63, 3.8) is 0 Å². The van der Waals surface area contributed by atoms with E-state index in [1.165, 1.54) is 0 Å². The lowest BCUT2D eigenvalue weighted by atomic mass is 9.96. The second-order valence-electron chi connectivity index (χ2n) is 4.45. The predicted octanol–water partition coefficient (Wildman–Crippen LogP) is 1.96. The van der Waals surface area contributed by atoms with Gasteiger partial charge in [0.2, 0.25) is 0 Å². The highest BCUT2D eigenvalue weighted by atomic mass is 35.5. The minimum atomic E-state index is -0.161. The van der Waals surface area contributed by atoms with Crippen LogP contribution < -0.4 is 5.73 Å². The highest BCUT2D eigenvalue weighted by Gasteiger charge is 2.21. The minimum Gasteiger partial charge on any atom is -0.327 e. The number of rotatable bonds is 5. The number of aryl methyl sites for hydroxylation is 2. The summed E-state index contributed by atoms with van der Waals surface area (Å²) in [5, 5.41) is 4.88. The van der Waals surface area contributed by atoms with Crippen LogP contribution in [0.4, 0.5) is 0 Å². The van der Waals surface area contributed by atoms with Gasteiger partial charge in [0, 0.05) is 18.5 Å². The molecular weight excluding hydrogens is 238 g/mol. The maximum Gasteiger partial charge on any atom is 0.143 e. The molecule has 4 nitrogen and oxygen atoms in total. The van der Waals surface area contributed by atoms with Gasteiger partial charge in [-0.05, 0) is 20.8 Å². The van der Waals surface area contributed by atoms with Gasteiger partial charge >= 0.3 is 0 Å². The van der Waals surface area contributed by atoms with Crippen LogP contribution in [0, 0.1) is 12.8 Å². The van der Waals surface area contributed by atoms with Crippen LogP contribution in [-0.4, -0.2) is 21.6 Å². The van der Waals surface area contributed by atoms with Gasteiger partial charge in [-0.25, -0.2) is 0 Å². The average Bonchev–Trinajstić information content (AvgIpc) is 2.55. The Bertz CT molecular complexity index is 412. The predicted molar refractivity (Wildman–Crippen MR) is 69.2 cm³/mol. The standard InChI is InChI=1S/C12H20ClN3O/c1-5-16-10(12(13)9(4)15-16)6-11(17)7(2)8(3)14/h7-8H,5-6,14H2,1-4H3. The van der Waals surface area contributed by atoms with Crippen LogP contribution in [0.2, 0.25) is 5.02 Å². The molecular formula is C12H20ClN3O. The summed E-state index contributed by atoms with van der Waals surface area (Å²) in [6.07, 6.45) is 0.302. The molecule has 1 aromatic rings. The molecule has 0 aliphatic heterocycles. The first-order chi connectivity index (χ1) is 7.88. The summed E-state index contributed by atoms with van der Waals surface area (Å²) in [5.41, 5.74) is 7.29. The Hall–Kier alpha value is -0.870. The van der Waals surface area contributed by atoms with Crippen molar-refractivity contribution in [3.05, 3.63) is 16.4 Å². The van der Waals surface area contributed by atoms with Crippen LogP contribution in [0.5, 0.6) is 0 Å². The van der Waals surface area contributed by atoms with E-state index in [4.69, 9.17) is 17.3 Å². The SMILES string of the molecule is CCn1nc(C)c(Cl)c1CC(=O)C(C)C(C)N. The first-order valence-corrected chi connectivity index (χ1v) is 6.26. The molecule has 0 fully saturated rings. The summed E-state index contributed by atoms with van der Waals surface area (Å²) in [6.45, 7) is 8.22. The number of hydrogen-bond donors (Lipinski definition) is 1. The summed E-state index contributed by atoms with van der Waals surface area (Å²) in [6, 6.07) is -0.139. The highest BCUT2D eigenvalue weighted by Crippen LogP contribution is 2.22. The maximum absolute atomic E-state index is 12.0. The second kappa shape index (κ2) is 5.65. The van der Waals surface area contributed by atoms with Gasteiger partial charge in [-0.15, -0.1) is 0 Å². The Kier molecular flexibility index (Phi) is 4.71. The lowest BCUT2D eigenvalue weighted by Gasteiger charge is -2.14. The second-order valence-corrected chi connectivity index (χ2v) is 4.83. The Morgan fingerprint density at radius 1 is 1.53 bits per heavy atom. The molecule has 0 aliphatic carbocycles. The molecule has 5 heteroatoms.